The van der Waals surface area contributed by atoms with E-state index in [1.54, 1.807) is 6.92 Å². The highest BCUT2D eigenvalue weighted by atomic mass is 16.7. The van der Waals surface area contributed by atoms with Gasteiger partial charge in [0.25, 0.3) is 6.57 Å². The number of nitrogens with zero attached hydrogens (tertiary/aromatic N) is 1. The lowest BCUT2D eigenvalue weighted by Gasteiger charge is -2.03. The summed E-state index contributed by atoms with van der Waals surface area (Å²) >= 11 is 0. The molecule has 0 aliphatic rings. The number of hydrogen-bond acceptors (Lipinski definition) is 4. The lowest BCUT2D eigenvalue weighted by Crippen LogP contribution is -2.21. The molecule has 0 rings (SSSR count). The fourth-order valence-electron chi connectivity index (χ4n) is 0.464. The first kappa shape index (κ1) is 11.6. The van der Waals surface area contributed by atoms with Crippen LogP contribution >= 0.6 is 0 Å². The summed E-state index contributed by atoms with van der Waals surface area (Å²) in [6, 6.07) is 0. The molecule has 0 amide bonds. The molecule has 0 aliphatic heterocycles. The topological polar surface area (TPSA) is 51.9 Å². The Hall–Kier alpha value is -1.38. The fourth-order valence-corrected chi connectivity index (χ4v) is 0.464. The average molecular weight is 185 g/mol. The number of esters is 1. The van der Waals surface area contributed by atoms with E-state index >= 15 is 0 Å². The third-order valence-corrected chi connectivity index (χ3v) is 1.03. The Morgan fingerprint density at radius 1 is 1.69 bits per heavy atom. The lowest BCUT2D eigenvalue weighted by atomic mass is 10.4. The van der Waals surface area contributed by atoms with Gasteiger partial charge in [0.05, 0.1) is 6.54 Å². The molecule has 0 aliphatic carbocycles. The van der Waals surface area contributed by atoms with Crippen molar-refractivity contribution in [2.45, 2.75) is 6.92 Å². The van der Waals surface area contributed by atoms with Gasteiger partial charge in [-0.25, -0.2) is 9.63 Å². The first-order valence-electron chi connectivity index (χ1n) is 3.72. The summed E-state index contributed by atoms with van der Waals surface area (Å²) < 4.78 is 4.74. The van der Waals surface area contributed by atoms with Gasteiger partial charge in [-0.2, -0.15) is 5.48 Å². The minimum absolute atomic E-state index is 0.0639. The molecule has 0 radical (unpaired) electrons. The van der Waals surface area contributed by atoms with E-state index in [9.17, 15) is 4.79 Å². The molecule has 5 heteroatoms. The number of carbonyl (C=O) groups is 1. The molecular weight excluding hydrogens is 172 g/mol. The van der Waals surface area contributed by atoms with Gasteiger partial charge < -0.3 is 4.74 Å². The number of carbonyl (C=O) groups excluding carboxylic acids is 1. The van der Waals surface area contributed by atoms with Gasteiger partial charge in [-0.1, -0.05) is 11.4 Å². The maximum absolute atomic E-state index is 10.8. The van der Waals surface area contributed by atoms with E-state index in [4.69, 9.17) is 11.3 Å². The summed E-state index contributed by atoms with van der Waals surface area (Å²) in [6.07, 6.45) is 0. The SMILES string of the molecule is C#[N+]CONCCOC(=O)C(=C)C. The second-order valence-electron chi connectivity index (χ2n) is 2.27. The Balaban J connectivity index is 3.22. The fraction of sp³-hybridized carbons (Fsp3) is 0.500. The van der Waals surface area contributed by atoms with Crippen molar-refractivity contribution in [3.8, 4) is 6.57 Å². The first-order valence-corrected chi connectivity index (χ1v) is 3.72. The van der Waals surface area contributed by atoms with Crippen LogP contribution in [0.25, 0.3) is 4.85 Å². The van der Waals surface area contributed by atoms with Crippen LogP contribution < -0.4 is 5.48 Å². The Bertz CT molecular complexity index is 220. The van der Waals surface area contributed by atoms with Gasteiger partial charge in [0.2, 0.25) is 0 Å². The Kier molecular flexibility index (Phi) is 6.51. The molecule has 5 nitrogen and oxygen atoms in total. The second kappa shape index (κ2) is 7.28. The van der Waals surface area contributed by atoms with E-state index in [0.29, 0.717) is 12.1 Å². The molecule has 0 unspecified atom stereocenters. The number of hydrogen-bond donors (Lipinski definition) is 1. The van der Waals surface area contributed by atoms with E-state index in [1.165, 1.54) is 0 Å². The Labute approximate surface area is 77.1 Å². The van der Waals surface area contributed by atoms with Crippen molar-refractivity contribution in [3.63, 3.8) is 0 Å². The van der Waals surface area contributed by atoms with Crippen LogP contribution in [-0.2, 0) is 14.4 Å². The van der Waals surface area contributed by atoms with Gasteiger partial charge in [0.1, 0.15) is 6.61 Å². The molecule has 0 fully saturated rings. The quantitative estimate of drug-likeness (QED) is 0.284. The molecule has 0 saturated heterocycles. The minimum atomic E-state index is -0.412. The van der Waals surface area contributed by atoms with Crippen LogP contribution in [-0.4, -0.2) is 25.9 Å². The molecule has 0 bridgehead atoms. The van der Waals surface area contributed by atoms with Crippen LogP contribution in [0.3, 0.4) is 0 Å². The van der Waals surface area contributed by atoms with Crippen LogP contribution in [0.1, 0.15) is 6.92 Å². The maximum Gasteiger partial charge on any atom is 0.382 e. The highest BCUT2D eigenvalue weighted by Gasteiger charge is 2.01. The normalized spacial score (nSPS) is 8.92. The van der Waals surface area contributed by atoms with Crippen molar-refractivity contribution in [1.82, 2.24) is 5.48 Å². The van der Waals surface area contributed by atoms with Crippen LogP contribution in [0.5, 0.6) is 0 Å². The average Bonchev–Trinajstić information content (AvgIpc) is 2.10. The standard InChI is InChI=1S/C8H13N2O3/c1-7(2)8(11)12-5-4-10-13-6-9-3/h3,10H,1,4-6H2,2H3/q+1. The highest BCUT2D eigenvalue weighted by Crippen LogP contribution is 1.90. The zero-order valence-electron chi connectivity index (χ0n) is 7.58. The number of nitrogens with one attached hydrogen (secondary N) is 1. The molecule has 13 heavy (non-hydrogen) atoms. The summed E-state index contributed by atoms with van der Waals surface area (Å²) in [4.78, 5) is 18.7. The van der Waals surface area contributed by atoms with E-state index in [-0.39, 0.29) is 13.3 Å². The summed E-state index contributed by atoms with van der Waals surface area (Å²) in [6.45, 7) is 10.5. The molecule has 0 aromatic heterocycles. The zero-order chi connectivity index (χ0) is 10.1. The molecule has 0 spiro atoms. The van der Waals surface area contributed by atoms with Gasteiger partial charge >= 0.3 is 12.7 Å². The molecule has 0 atom stereocenters. The van der Waals surface area contributed by atoms with Gasteiger partial charge in [-0.15, -0.1) is 0 Å². The molecule has 0 heterocycles. The van der Waals surface area contributed by atoms with Gasteiger partial charge in [0.15, 0.2) is 0 Å². The van der Waals surface area contributed by atoms with Crippen molar-refractivity contribution in [1.29, 1.82) is 0 Å². The molecule has 0 aromatic rings. The third kappa shape index (κ3) is 7.00. The van der Waals surface area contributed by atoms with Crippen LogP contribution in [0.4, 0.5) is 0 Å². The molecule has 0 aromatic carbocycles. The smallest absolute Gasteiger partial charge is 0.382 e. The number of rotatable bonds is 6. The van der Waals surface area contributed by atoms with Crippen LogP contribution in [0.2, 0.25) is 0 Å². The van der Waals surface area contributed by atoms with Gasteiger partial charge in [-0.05, 0) is 6.92 Å². The Morgan fingerprint density at radius 2 is 2.38 bits per heavy atom. The van der Waals surface area contributed by atoms with Crippen molar-refractivity contribution in [3.05, 3.63) is 17.0 Å². The maximum atomic E-state index is 10.8. The number of ether oxygens (including phenoxy) is 1. The third-order valence-electron chi connectivity index (χ3n) is 1.03. The summed E-state index contributed by atoms with van der Waals surface area (Å²) in [5, 5.41) is 0. The predicted molar refractivity (Wildman–Crippen MR) is 48.0 cm³/mol. The van der Waals surface area contributed by atoms with Crippen molar-refractivity contribution >= 4 is 5.97 Å². The van der Waals surface area contributed by atoms with Crippen LogP contribution in [0, 0.1) is 6.57 Å². The van der Waals surface area contributed by atoms with Crippen molar-refractivity contribution in [2.75, 3.05) is 19.9 Å². The van der Waals surface area contributed by atoms with E-state index in [1.807, 2.05) is 0 Å². The van der Waals surface area contributed by atoms with Crippen molar-refractivity contribution < 1.29 is 14.4 Å². The van der Waals surface area contributed by atoms with Crippen molar-refractivity contribution in [2.24, 2.45) is 0 Å². The molecule has 0 saturated carbocycles. The van der Waals surface area contributed by atoms with E-state index < -0.39 is 5.97 Å². The number of hydroxylamine groups is 1. The van der Waals surface area contributed by atoms with Gasteiger partial charge in [-0.3, -0.25) is 0 Å². The highest BCUT2D eigenvalue weighted by molar-refractivity contribution is 5.86. The van der Waals surface area contributed by atoms with Gasteiger partial charge in [0, 0.05) is 5.57 Å². The van der Waals surface area contributed by atoms with E-state index in [2.05, 4.69) is 21.7 Å². The van der Waals surface area contributed by atoms with E-state index in [0.717, 1.165) is 0 Å². The summed E-state index contributed by atoms with van der Waals surface area (Å²) in [5.74, 6) is -0.412. The molecule has 72 valence electrons. The zero-order valence-corrected chi connectivity index (χ0v) is 7.58. The summed E-state index contributed by atoms with van der Waals surface area (Å²) in [5.41, 5.74) is 2.87. The first-order chi connectivity index (χ1) is 6.18. The minimum Gasteiger partial charge on any atom is -0.461 e. The molecule has 1 N–H and O–H groups in total. The monoisotopic (exact) mass is 185 g/mol. The second-order valence-corrected chi connectivity index (χ2v) is 2.27. The predicted octanol–water partition coefficient (Wildman–Crippen LogP) is 0.547. The summed E-state index contributed by atoms with van der Waals surface area (Å²) in [7, 11) is 0. The van der Waals surface area contributed by atoms with Crippen LogP contribution in [0.15, 0.2) is 12.2 Å². The lowest BCUT2D eigenvalue weighted by molar-refractivity contribution is -0.139. The largest absolute Gasteiger partial charge is 0.461 e. The molecular formula is C8H13N2O3+. The Morgan fingerprint density at radius 3 is 2.92 bits per heavy atom.